The van der Waals surface area contributed by atoms with Gasteiger partial charge in [0.15, 0.2) is 0 Å². The first-order chi connectivity index (χ1) is 9.06. The molecule has 98 valence electrons. The van der Waals surface area contributed by atoms with Gasteiger partial charge in [-0.3, -0.25) is 4.79 Å². The van der Waals surface area contributed by atoms with Crippen molar-refractivity contribution in [2.24, 2.45) is 0 Å². The lowest BCUT2D eigenvalue weighted by atomic mass is 10.1. The zero-order chi connectivity index (χ0) is 13.6. The molecule has 1 aliphatic heterocycles. The van der Waals surface area contributed by atoms with E-state index < -0.39 is 11.6 Å². The maximum Gasteiger partial charge on any atom is 0.255 e. The highest BCUT2D eigenvalue weighted by Crippen LogP contribution is 2.25. The molecule has 0 fully saturated rings. The van der Waals surface area contributed by atoms with Crippen LogP contribution in [-0.2, 0) is 13.1 Å². The fourth-order valence-electron chi connectivity index (χ4n) is 2.01. The Morgan fingerprint density at radius 2 is 2.00 bits per heavy atom. The van der Waals surface area contributed by atoms with Crippen LogP contribution < -0.4 is 10.9 Å². The number of benzene rings is 1. The summed E-state index contributed by atoms with van der Waals surface area (Å²) in [6.45, 7) is 0.860. The average Bonchev–Trinajstić information content (AvgIpc) is 2.82. The monoisotopic (exact) mass is 283 g/mol. The molecular formula is C12H8ClF2N3O. The first-order valence-electron chi connectivity index (χ1n) is 5.54. The molecule has 0 amide bonds. The molecule has 0 unspecified atom stereocenters. The second-order valence-corrected chi connectivity index (χ2v) is 4.60. The van der Waals surface area contributed by atoms with Gasteiger partial charge in [0.05, 0.1) is 21.8 Å². The summed E-state index contributed by atoms with van der Waals surface area (Å²) in [5.41, 5.74) is 0.612. The molecule has 0 radical (unpaired) electrons. The van der Waals surface area contributed by atoms with Crippen LogP contribution in [0.2, 0.25) is 5.02 Å². The van der Waals surface area contributed by atoms with Crippen molar-refractivity contribution in [1.29, 1.82) is 0 Å². The average molecular weight is 284 g/mol. The molecule has 0 saturated heterocycles. The van der Waals surface area contributed by atoms with E-state index in [0.717, 1.165) is 12.1 Å². The van der Waals surface area contributed by atoms with Crippen LogP contribution in [0.1, 0.15) is 11.3 Å². The Bertz CT molecular complexity index is 730. The first kappa shape index (κ1) is 12.3. The number of rotatable bonds is 1. The fraction of sp³-hybridized carbons (Fsp3) is 0.167. The van der Waals surface area contributed by atoms with Crippen LogP contribution in [0.5, 0.6) is 0 Å². The number of H-pyrrole nitrogens is 1. The third kappa shape index (κ3) is 2.02. The Hall–Kier alpha value is -1.79. The van der Waals surface area contributed by atoms with Crippen LogP contribution >= 0.6 is 11.6 Å². The molecule has 0 spiro atoms. The molecule has 2 aromatic rings. The molecule has 2 N–H and O–H groups in total. The van der Waals surface area contributed by atoms with Crippen molar-refractivity contribution in [3.05, 3.63) is 50.4 Å². The summed E-state index contributed by atoms with van der Waals surface area (Å²) in [6, 6.07) is 1.78. The Morgan fingerprint density at radius 1 is 1.21 bits per heavy atom. The van der Waals surface area contributed by atoms with Crippen LogP contribution in [-0.4, -0.2) is 9.97 Å². The molecule has 0 atom stereocenters. The Balaban J connectivity index is 2.21. The summed E-state index contributed by atoms with van der Waals surface area (Å²) in [4.78, 5) is 18.4. The fourth-order valence-corrected chi connectivity index (χ4v) is 2.16. The van der Waals surface area contributed by atoms with E-state index in [1.807, 2.05) is 0 Å². The minimum Gasteiger partial charge on any atom is -0.307 e. The molecule has 4 nitrogen and oxygen atoms in total. The predicted molar refractivity (Wildman–Crippen MR) is 65.8 cm³/mol. The van der Waals surface area contributed by atoms with Crippen molar-refractivity contribution >= 4 is 11.6 Å². The quantitative estimate of drug-likeness (QED) is 0.787. The summed E-state index contributed by atoms with van der Waals surface area (Å²) >= 11 is 5.48. The van der Waals surface area contributed by atoms with E-state index in [-0.39, 0.29) is 22.0 Å². The highest BCUT2D eigenvalue weighted by atomic mass is 35.5. The van der Waals surface area contributed by atoms with Crippen molar-refractivity contribution in [2.75, 3.05) is 0 Å². The van der Waals surface area contributed by atoms with Gasteiger partial charge in [-0.15, -0.1) is 0 Å². The highest BCUT2D eigenvalue weighted by molar-refractivity contribution is 6.30. The van der Waals surface area contributed by atoms with E-state index in [1.165, 1.54) is 0 Å². The largest absolute Gasteiger partial charge is 0.307 e. The molecule has 2 heterocycles. The van der Waals surface area contributed by atoms with Gasteiger partial charge >= 0.3 is 0 Å². The van der Waals surface area contributed by atoms with Crippen molar-refractivity contribution in [3.8, 4) is 11.4 Å². The lowest BCUT2D eigenvalue weighted by Gasteiger charge is -2.06. The van der Waals surface area contributed by atoms with Gasteiger partial charge in [0.25, 0.3) is 5.56 Å². The zero-order valence-electron chi connectivity index (χ0n) is 9.56. The maximum atomic E-state index is 13.8. The molecule has 0 saturated carbocycles. The molecule has 0 aliphatic carbocycles. The van der Waals surface area contributed by atoms with E-state index in [0.29, 0.717) is 24.3 Å². The zero-order valence-corrected chi connectivity index (χ0v) is 10.3. The molecular weight excluding hydrogens is 276 g/mol. The number of hydrogen-bond donors (Lipinski definition) is 2. The second-order valence-electron chi connectivity index (χ2n) is 4.19. The number of halogens is 3. The van der Waals surface area contributed by atoms with Gasteiger partial charge in [0.2, 0.25) is 0 Å². The van der Waals surface area contributed by atoms with Crippen LogP contribution in [0.4, 0.5) is 8.78 Å². The number of nitrogens with zero attached hydrogens (tertiary/aromatic N) is 1. The third-order valence-electron chi connectivity index (χ3n) is 2.96. The lowest BCUT2D eigenvalue weighted by molar-refractivity contribution is 0.602. The smallest absolute Gasteiger partial charge is 0.255 e. The highest BCUT2D eigenvalue weighted by Gasteiger charge is 2.19. The topological polar surface area (TPSA) is 57.8 Å². The van der Waals surface area contributed by atoms with Crippen LogP contribution in [0.25, 0.3) is 11.4 Å². The van der Waals surface area contributed by atoms with E-state index in [2.05, 4.69) is 15.3 Å². The van der Waals surface area contributed by atoms with Crippen molar-refractivity contribution < 1.29 is 8.78 Å². The van der Waals surface area contributed by atoms with Gasteiger partial charge in [-0.1, -0.05) is 11.6 Å². The van der Waals surface area contributed by atoms with Gasteiger partial charge in [-0.2, -0.15) is 0 Å². The van der Waals surface area contributed by atoms with E-state index in [1.54, 1.807) is 0 Å². The van der Waals surface area contributed by atoms with E-state index in [9.17, 15) is 13.6 Å². The standard InChI is InChI=1S/C12H8ClF2N3O/c13-7-2-8(14)5(1-9(7)15)11-17-10-4-16-3-6(10)12(19)18-11/h1-2,16H,3-4H2,(H,17,18,19). The van der Waals surface area contributed by atoms with Crippen molar-refractivity contribution in [3.63, 3.8) is 0 Å². The Kier molecular flexibility index (Phi) is 2.83. The summed E-state index contributed by atoms with van der Waals surface area (Å²) in [6.07, 6.45) is 0. The SMILES string of the molecule is O=c1[nH]c(-c2cc(F)c(Cl)cc2F)nc2c1CNC2. The summed E-state index contributed by atoms with van der Waals surface area (Å²) in [5, 5.41) is 2.66. The summed E-state index contributed by atoms with van der Waals surface area (Å²) in [7, 11) is 0. The number of aromatic nitrogens is 2. The summed E-state index contributed by atoms with van der Waals surface area (Å²) in [5.74, 6) is -1.50. The number of aromatic amines is 1. The van der Waals surface area contributed by atoms with E-state index in [4.69, 9.17) is 11.6 Å². The van der Waals surface area contributed by atoms with Crippen molar-refractivity contribution in [2.45, 2.75) is 13.1 Å². The molecule has 1 aromatic heterocycles. The van der Waals surface area contributed by atoms with Crippen LogP contribution in [0, 0.1) is 11.6 Å². The van der Waals surface area contributed by atoms with Gasteiger partial charge < -0.3 is 10.3 Å². The molecule has 3 rings (SSSR count). The first-order valence-corrected chi connectivity index (χ1v) is 5.92. The molecule has 19 heavy (non-hydrogen) atoms. The Morgan fingerprint density at radius 3 is 2.79 bits per heavy atom. The molecule has 7 heteroatoms. The molecule has 0 bridgehead atoms. The van der Waals surface area contributed by atoms with Crippen molar-refractivity contribution in [1.82, 2.24) is 15.3 Å². The van der Waals surface area contributed by atoms with Crippen LogP contribution in [0.15, 0.2) is 16.9 Å². The van der Waals surface area contributed by atoms with Gasteiger partial charge in [-0.05, 0) is 12.1 Å². The molecule has 1 aromatic carbocycles. The lowest BCUT2D eigenvalue weighted by Crippen LogP contribution is -2.16. The minimum atomic E-state index is -0.765. The number of hydrogen-bond acceptors (Lipinski definition) is 3. The number of nitrogens with one attached hydrogen (secondary N) is 2. The summed E-state index contributed by atoms with van der Waals surface area (Å²) < 4.78 is 27.2. The second kappa shape index (κ2) is 4.40. The van der Waals surface area contributed by atoms with Gasteiger partial charge in [-0.25, -0.2) is 13.8 Å². The van der Waals surface area contributed by atoms with Crippen LogP contribution in [0.3, 0.4) is 0 Å². The Labute approximate surface area is 111 Å². The maximum absolute atomic E-state index is 13.8. The van der Waals surface area contributed by atoms with E-state index >= 15 is 0 Å². The van der Waals surface area contributed by atoms with Gasteiger partial charge in [0, 0.05) is 13.1 Å². The molecule has 1 aliphatic rings. The predicted octanol–water partition coefficient (Wildman–Crippen LogP) is 1.97. The number of fused-ring (bicyclic) bond motifs is 1. The van der Waals surface area contributed by atoms with Gasteiger partial charge in [0.1, 0.15) is 17.5 Å². The minimum absolute atomic E-state index is 0.000478. The normalized spacial score (nSPS) is 13.6. The third-order valence-corrected chi connectivity index (χ3v) is 3.25.